The van der Waals surface area contributed by atoms with Crippen molar-refractivity contribution in [3.8, 4) is 11.4 Å². The van der Waals surface area contributed by atoms with Crippen LogP contribution in [0.3, 0.4) is 0 Å². The Kier molecular flexibility index (Phi) is 4.53. The summed E-state index contributed by atoms with van der Waals surface area (Å²) in [5.74, 6) is 1.12. The fourth-order valence-electron chi connectivity index (χ4n) is 3.21. The number of hydrogen-bond acceptors (Lipinski definition) is 5. The molecule has 5 nitrogen and oxygen atoms in total. The maximum Gasteiger partial charge on any atom is 0.244 e. The minimum Gasteiger partial charge on any atom is -0.392 e. The smallest absolute Gasteiger partial charge is 0.244 e. The van der Waals surface area contributed by atoms with Crippen molar-refractivity contribution in [1.29, 1.82) is 0 Å². The Morgan fingerprint density at radius 2 is 1.88 bits per heavy atom. The molecular formula is C19H18ClN3O2. The number of hydrogen-bond donors (Lipinski definition) is 1. The van der Waals surface area contributed by atoms with E-state index in [2.05, 4.69) is 15.0 Å². The van der Waals surface area contributed by atoms with Gasteiger partial charge in [0.1, 0.15) is 0 Å². The molecule has 0 saturated carbocycles. The molecule has 1 fully saturated rings. The number of likely N-dealkylation sites (tertiary alicyclic amines) is 1. The van der Waals surface area contributed by atoms with Crippen LogP contribution in [0.4, 0.5) is 0 Å². The fourth-order valence-corrected chi connectivity index (χ4v) is 3.34. The van der Waals surface area contributed by atoms with Gasteiger partial charge in [-0.3, -0.25) is 4.90 Å². The maximum absolute atomic E-state index is 10.1. The van der Waals surface area contributed by atoms with E-state index in [1.54, 1.807) is 0 Å². The van der Waals surface area contributed by atoms with E-state index in [1.165, 1.54) is 0 Å². The molecule has 25 heavy (non-hydrogen) atoms. The lowest BCUT2D eigenvalue weighted by atomic mass is 10.1. The highest BCUT2D eigenvalue weighted by atomic mass is 35.5. The largest absolute Gasteiger partial charge is 0.392 e. The average Bonchev–Trinajstić information content (AvgIpc) is 3.24. The van der Waals surface area contributed by atoms with Gasteiger partial charge in [-0.1, -0.05) is 59.2 Å². The molecule has 0 spiro atoms. The van der Waals surface area contributed by atoms with Gasteiger partial charge in [0, 0.05) is 23.7 Å². The molecule has 3 aromatic rings. The van der Waals surface area contributed by atoms with Crippen molar-refractivity contribution in [2.24, 2.45) is 0 Å². The first-order valence-electron chi connectivity index (χ1n) is 8.24. The van der Waals surface area contributed by atoms with Crippen LogP contribution in [0.1, 0.15) is 23.9 Å². The Bertz CT molecular complexity index is 835. The summed E-state index contributed by atoms with van der Waals surface area (Å²) in [5, 5.41) is 14.9. The number of halogens is 1. The topological polar surface area (TPSA) is 62.4 Å². The van der Waals surface area contributed by atoms with Crippen molar-refractivity contribution in [2.45, 2.75) is 25.1 Å². The van der Waals surface area contributed by atoms with E-state index in [-0.39, 0.29) is 6.04 Å². The molecule has 0 radical (unpaired) electrons. The maximum atomic E-state index is 10.1. The highest BCUT2D eigenvalue weighted by Gasteiger charge is 2.35. The summed E-state index contributed by atoms with van der Waals surface area (Å²) >= 11 is 5.95. The van der Waals surface area contributed by atoms with Crippen molar-refractivity contribution < 1.29 is 9.63 Å². The number of rotatable bonds is 4. The summed E-state index contributed by atoms with van der Waals surface area (Å²) in [7, 11) is 0. The first-order valence-corrected chi connectivity index (χ1v) is 8.62. The summed E-state index contributed by atoms with van der Waals surface area (Å²) in [4.78, 5) is 6.71. The molecule has 1 N–H and O–H groups in total. The summed E-state index contributed by atoms with van der Waals surface area (Å²) < 4.78 is 5.50. The van der Waals surface area contributed by atoms with E-state index in [4.69, 9.17) is 16.1 Å². The molecule has 128 valence electrons. The van der Waals surface area contributed by atoms with E-state index < -0.39 is 6.10 Å². The lowest BCUT2D eigenvalue weighted by Gasteiger charge is -2.21. The predicted molar refractivity (Wildman–Crippen MR) is 95.0 cm³/mol. The lowest BCUT2D eigenvalue weighted by molar-refractivity contribution is 0.169. The number of aliphatic hydroxyl groups excluding tert-OH is 1. The minimum absolute atomic E-state index is 0.0874. The molecule has 0 amide bonds. The van der Waals surface area contributed by atoms with Crippen LogP contribution in [0, 0.1) is 0 Å². The second kappa shape index (κ2) is 6.96. The van der Waals surface area contributed by atoms with E-state index in [1.807, 2.05) is 54.6 Å². The Hall–Kier alpha value is -2.21. The monoisotopic (exact) mass is 355 g/mol. The zero-order valence-electron chi connectivity index (χ0n) is 13.5. The molecule has 0 aliphatic carbocycles. The van der Waals surface area contributed by atoms with Crippen LogP contribution in [0.15, 0.2) is 59.1 Å². The number of aromatic nitrogens is 2. The van der Waals surface area contributed by atoms with Crippen LogP contribution in [0.2, 0.25) is 5.02 Å². The van der Waals surface area contributed by atoms with Crippen molar-refractivity contribution in [1.82, 2.24) is 15.0 Å². The van der Waals surface area contributed by atoms with Gasteiger partial charge >= 0.3 is 0 Å². The molecule has 4 rings (SSSR count). The van der Waals surface area contributed by atoms with Gasteiger partial charge in [-0.15, -0.1) is 0 Å². The molecule has 0 bridgehead atoms. The van der Waals surface area contributed by atoms with Gasteiger partial charge in [-0.2, -0.15) is 4.98 Å². The Morgan fingerprint density at radius 1 is 1.12 bits per heavy atom. The standard InChI is InChI=1S/C19H18ClN3O2/c20-15-8-6-13(7-9-15)11-23-12-16(24)10-17(23)19-21-18(22-25-19)14-4-2-1-3-5-14/h1-9,16-17,24H,10-12H2/t16-,17+/m1/s1. The number of benzene rings is 2. The van der Waals surface area contributed by atoms with Crippen molar-refractivity contribution in [2.75, 3.05) is 6.54 Å². The van der Waals surface area contributed by atoms with Crippen LogP contribution in [0.5, 0.6) is 0 Å². The third-order valence-electron chi connectivity index (χ3n) is 4.44. The molecule has 6 heteroatoms. The SMILES string of the molecule is O[C@@H]1C[C@@H](c2nc(-c3ccccc3)no2)N(Cc2ccc(Cl)cc2)C1. The molecule has 2 aromatic carbocycles. The van der Waals surface area contributed by atoms with Crippen molar-refractivity contribution in [3.63, 3.8) is 0 Å². The predicted octanol–water partition coefficient (Wildman–Crippen LogP) is 3.70. The summed E-state index contributed by atoms with van der Waals surface area (Å²) in [6.07, 6.45) is 0.189. The third-order valence-corrected chi connectivity index (χ3v) is 4.69. The highest BCUT2D eigenvalue weighted by Crippen LogP contribution is 2.33. The van der Waals surface area contributed by atoms with Crippen molar-refractivity contribution in [3.05, 3.63) is 71.1 Å². The van der Waals surface area contributed by atoms with E-state index in [9.17, 15) is 5.11 Å². The zero-order valence-corrected chi connectivity index (χ0v) is 14.3. The molecule has 1 saturated heterocycles. The highest BCUT2D eigenvalue weighted by molar-refractivity contribution is 6.30. The summed E-state index contributed by atoms with van der Waals surface area (Å²) in [5.41, 5.74) is 2.05. The van der Waals surface area contributed by atoms with Crippen LogP contribution < -0.4 is 0 Å². The molecule has 2 atom stereocenters. The molecule has 2 heterocycles. The van der Waals surface area contributed by atoms with Gasteiger partial charge in [0.05, 0.1) is 12.1 Å². The molecular weight excluding hydrogens is 338 g/mol. The first kappa shape index (κ1) is 16.3. The summed E-state index contributed by atoms with van der Waals surface area (Å²) in [6, 6.07) is 17.4. The van der Waals surface area contributed by atoms with Gasteiger partial charge in [-0.05, 0) is 24.1 Å². The van der Waals surface area contributed by atoms with E-state index in [0.717, 1.165) is 11.1 Å². The molecule has 1 aliphatic rings. The average molecular weight is 356 g/mol. The van der Waals surface area contributed by atoms with Gasteiger partial charge in [0.2, 0.25) is 11.7 Å². The summed E-state index contributed by atoms with van der Waals surface area (Å²) in [6.45, 7) is 1.28. The normalized spacial score (nSPS) is 20.9. The lowest BCUT2D eigenvalue weighted by Crippen LogP contribution is -2.24. The quantitative estimate of drug-likeness (QED) is 0.773. The number of β-amino-alcohol motifs (C(OH)–C–C–N with tert-alkyl or cyclic N) is 1. The van der Waals surface area contributed by atoms with Gasteiger partial charge in [0.25, 0.3) is 0 Å². The van der Waals surface area contributed by atoms with Gasteiger partial charge < -0.3 is 9.63 Å². The Balaban J connectivity index is 1.55. The molecule has 1 aromatic heterocycles. The van der Waals surface area contributed by atoms with Crippen LogP contribution in [-0.2, 0) is 6.54 Å². The second-order valence-electron chi connectivity index (χ2n) is 6.28. The fraction of sp³-hybridized carbons (Fsp3) is 0.263. The second-order valence-corrected chi connectivity index (χ2v) is 6.72. The number of nitrogens with zero attached hydrogens (tertiary/aromatic N) is 3. The van der Waals surface area contributed by atoms with E-state index in [0.29, 0.717) is 36.2 Å². The number of aliphatic hydroxyl groups is 1. The Labute approximate surface area is 150 Å². The van der Waals surface area contributed by atoms with Crippen LogP contribution >= 0.6 is 11.6 Å². The van der Waals surface area contributed by atoms with Crippen LogP contribution in [0.25, 0.3) is 11.4 Å². The first-order chi connectivity index (χ1) is 12.2. The minimum atomic E-state index is -0.399. The Morgan fingerprint density at radius 3 is 2.64 bits per heavy atom. The van der Waals surface area contributed by atoms with Crippen molar-refractivity contribution >= 4 is 11.6 Å². The molecule has 1 aliphatic heterocycles. The third kappa shape index (κ3) is 3.58. The molecule has 0 unspecified atom stereocenters. The van der Waals surface area contributed by atoms with Gasteiger partial charge in [0.15, 0.2) is 0 Å². The van der Waals surface area contributed by atoms with Crippen LogP contribution in [-0.4, -0.2) is 32.8 Å². The van der Waals surface area contributed by atoms with E-state index >= 15 is 0 Å². The zero-order chi connectivity index (χ0) is 17.2. The van der Waals surface area contributed by atoms with Gasteiger partial charge in [-0.25, -0.2) is 0 Å².